The third-order valence-corrected chi connectivity index (χ3v) is 3.43. The highest BCUT2D eigenvalue weighted by atomic mass is 32.2. The van der Waals surface area contributed by atoms with E-state index in [1.54, 1.807) is 32.9 Å². The number of sulfonamides is 1. The number of benzene rings is 1. The van der Waals surface area contributed by atoms with Crippen LogP contribution in [0.15, 0.2) is 29.2 Å². The van der Waals surface area contributed by atoms with E-state index < -0.39 is 21.7 Å². The van der Waals surface area contributed by atoms with Crippen LogP contribution in [0.4, 0.5) is 4.79 Å². The Morgan fingerprint density at radius 1 is 1.24 bits per heavy atom. The number of carbonyl (C=O) groups is 1. The van der Waals surface area contributed by atoms with Crippen LogP contribution in [0, 0.1) is 0 Å². The molecule has 8 heteroatoms. The van der Waals surface area contributed by atoms with Gasteiger partial charge in [-0.05, 0) is 45.4 Å². The van der Waals surface area contributed by atoms with E-state index in [2.05, 4.69) is 10.9 Å². The molecule has 0 aliphatic carbocycles. The van der Waals surface area contributed by atoms with Gasteiger partial charge in [-0.15, -0.1) is 0 Å². The molecule has 0 spiro atoms. The molecule has 1 unspecified atom stereocenters. The molecule has 1 aromatic rings. The van der Waals surface area contributed by atoms with Crippen LogP contribution in [0.5, 0.6) is 0 Å². The summed E-state index contributed by atoms with van der Waals surface area (Å²) >= 11 is 0. The molecule has 0 aromatic heterocycles. The van der Waals surface area contributed by atoms with Crippen LogP contribution in [0.1, 0.15) is 39.3 Å². The number of hydrazine groups is 1. The van der Waals surface area contributed by atoms with Gasteiger partial charge in [0.1, 0.15) is 5.60 Å². The first-order chi connectivity index (χ1) is 9.49. The zero-order chi connectivity index (χ0) is 16.3. The van der Waals surface area contributed by atoms with Gasteiger partial charge in [-0.1, -0.05) is 12.1 Å². The van der Waals surface area contributed by atoms with Crippen molar-refractivity contribution in [2.24, 2.45) is 5.14 Å². The number of primary sulfonamides is 1. The van der Waals surface area contributed by atoms with Crippen LogP contribution >= 0.6 is 0 Å². The number of ether oxygens (including phenoxy) is 1. The summed E-state index contributed by atoms with van der Waals surface area (Å²) in [5.74, 6) is 0. The van der Waals surface area contributed by atoms with Crippen molar-refractivity contribution in [1.82, 2.24) is 10.9 Å². The van der Waals surface area contributed by atoms with E-state index in [9.17, 15) is 13.2 Å². The van der Waals surface area contributed by atoms with E-state index in [-0.39, 0.29) is 10.9 Å². The van der Waals surface area contributed by atoms with Crippen molar-refractivity contribution in [3.63, 3.8) is 0 Å². The number of nitrogens with two attached hydrogens (primary N) is 1. The average Bonchev–Trinajstić information content (AvgIpc) is 2.33. The van der Waals surface area contributed by atoms with Gasteiger partial charge in [-0.2, -0.15) is 0 Å². The number of nitrogens with one attached hydrogen (secondary N) is 2. The van der Waals surface area contributed by atoms with Gasteiger partial charge in [-0.25, -0.2) is 23.8 Å². The van der Waals surface area contributed by atoms with Crippen LogP contribution in [-0.2, 0) is 14.8 Å². The third kappa shape index (κ3) is 6.11. The monoisotopic (exact) mass is 315 g/mol. The van der Waals surface area contributed by atoms with E-state index >= 15 is 0 Å². The van der Waals surface area contributed by atoms with Crippen molar-refractivity contribution >= 4 is 16.1 Å². The molecular weight excluding hydrogens is 294 g/mol. The van der Waals surface area contributed by atoms with E-state index in [1.807, 2.05) is 6.92 Å². The Hall–Kier alpha value is -1.64. The van der Waals surface area contributed by atoms with Crippen molar-refractivity contribution in [2.45, 2.75) is 44.2 Å². The maximum atomic E-state index is 11.5. The van der Waals surface area contributed by atoms with E-state index in [0.717, 1.165) is 5.56 Å². The predicted octanol–water partition coefficient (Wildman–Crippen LogP) is 1.42. The van der Waals surface area contributed by atoms with E-state index in [4.69, 9.17) is 9.88 Å². The summed E-state index contributed by atoms with van der Waals surface area (Å²) < 4.78 is 27.4. The van der Waals surface area contributed by atoms with Gasteiger partial charge < -0.3 is 4.74 Å². The lowest BCUT2D eigenvalue weighted by atomic mass is 10.1. The van der Waals surface area contributed by atoms with Gasteiger partial charge in [0, 0.05) is 6.04 Å². The van der Waals surface area contributed by atoms with Crippen LogP contribution in [-0.4, -0.2) is 20.1 Å². The molecule has 1 atom stereocenters. The van der Waals surface area contributed by atoms with Gasteiger partial charge in [0.25, 0.3) is 0 Å². The second-order valence-corrected chi connectivity index (χ2v) is 7.17. The Kier molecular flexibility index (Phi) is 5.32. The minimum Gasteiger partial charge on any atom is -0.443 e. The topological polar surface area (TPSA) is 111 Å². The second kappa shape index (κ2) is 6.42. The lowest BCUT2D eigenvalue weighted by Gasteiger charge is -2.21. The van der Waals surface area contributed by atoms with Gasteiger partial charge >= 0.3 is 6.09 Å². The number of hydrogen-bond donors (Lipinski definition) is 3. The Morgan fingerprint density at radius 2 is 1.76 bits per heavy atom. The summed E-state index contributed by atoms with van der Waals surface area (Å²) in [6.45, 7) is 7.11. The molecule has 0 fully saturated rings. The summed E-state index contributed by atoms with van der Waals surface area (Å²) in [5, 5.41) is 5.02. The molecule has 1 rings (SSSR count). The minimum absolute atomic E-state index is 0.0403. The quantitative estimate of drug-likeness (QED) is 0.728. The molecule has 7 nitrogen and oxygen atoms in total. The molecule has 0 radical (unpaired) electrons. The first kappa shape index (κ1) is 17.4. The SMILES string of the molecule is CC(NNC(=O)OC(C)(C)C)c1ccc(S(N)(=O)=O)cc1. The summed E-state index contributed by atoms with van der Waals surface area (Å²) in [7, 11) is -3.70. The highest BCUT2D eigenvalue weighted by Crippen LogP contribution is 2.15. The smallest absolute Gasteiger partial charge is 0.422 e. The maximum absolute atomic E-state index is 11.5. The second-order valence-electron chi connectivity index (χ2n) is 5.61. The fourth-order valence-corrected chi connectivity index (χ4v) is 2.02. The fourth-order valence-electron chi connectivity index (χ4n) is 1.50. The van der Waals surface area contributed by atoms with Crippen molar-refractivity contribution in [3.8, 4) is 0 Å². The van der Waals surface area contributed by atoms with Gasteiger partial charge in [0.15, 0.2) is 0 Å². The highest BCUT2D eigenvalue weighted by Gasteiger charge is 2.16. The van der Waals surface area contributed by atoms with Crippen LogP contribution < -0.4 is 16.0 Å². The lowest BCUT2D eigenvalue weighted by molar-refractivity contribution is 0.0489. The molecule has 0 bridgehead atoms. The van der Waals surface area contributed by atoms with E-state index in [0.29, 0.717) is 0 Å². The lowest BCUT2D eigenvalue weighted by Crippen LogP contribution is -2.42. The molecule has 118 valence electrons. The van der Waals surface area contributed by atoms with Gasteiger partial charge in [0.2, 0.25) is 10.0 Å². The number of hydrogen-bond acceptors (Lipinski definition) is 5. The molecule has 0 aliphatic rings. The van der Waals surface area contributed by atoms with Crippen molar-refractivity contribution in [3.05, 3.63) is 29.8 Å². The summed E-state index contributed by atoms with van der Waals surface area (Å²) in [4.78, 5) is 11.5. The zero-order valence-electron chi connectivity index (χ0n) is 12.5. The van der Waals surface area contributed by atoms with Gasteiger partial charge in [0.05, 0.1) is 4.90 Å². The zero-order valence-corrected chi connectivity index (χ0v) is 13.3. The highest BCUT2D eigenvalue weighted by molar-refractivity contribution is 7.89. The average molecular weight is 315 g/mol. The van der Waals surface area contributed by atoms with Crippen LogP contribution in [0.25, 0.3) is 0 Å². The largest absolute Gasteiger partial charge is 0.443 e. The van der Waals surface area contributed by atoms with Crippen molar-refractivity contribution < 1.29 is 17.9 Å². The number of rotatable bonds is 4. The van der Waals surface area contributed by atoms with Crippen LogP contribution in [0.3, 0.4) is 0 Å². The van der Waals surface area contributed by atoms with Crippen molar-refractivity contribution in [2.75, 3.05) is 0 Å². The molecule has 4 N–H and O–H groups in total. The molecule has 0 saturated carbocycles. The molecule has 1 amide bonds. The standard InChI is InChI=1S/C13H21N3O4S/c1-9(15-16-12(17)20-13(2,3)4)10-5-7-11(8-6-10)21(14,18)19/h5-9,15H,1-4H3,(H,16,17)(H2,14,18,19). The maximum Gasteiger partial charge on any atom is 0.422 e. The molecular formula is C13H21N3O4S. The van der Waals surface area contributed by atoms with Crippen molar-refractivity contribution in [1.29, 1.82) is 0 Å². The van der Waals surface area contributed by atoms with Gasteiger partial charge in [-0.3, -0.25) is 5.43 Å². The Morgan fingerprint density at radius 3 is 2.19 bits per heavy atom. The molecule has 0 aliphatic heterocycles. The normalized spacial score (nSPS) is 13.6. The Bertz CT molecular complexity index is 591. The Labute approximate surface area is 124 Å². The molecule has 0 saturated heterocycles. The fraction of sp³-hybridized carbons (Fsp3) is 0.462. The summed E-state index contributed by atoms with van der Waals surface area (Å²) in [5.41, 5.74) is 5.42. The van der Waals surface area contributed by atoms with Crippen LogP contribution in [0.2, 0.25) is 0 Å². The first-order valence-electron chi connectivity index (χ1n) is 6.36. The summed E-state index contributed by atoms with van der Waals surface area (Å²) in [6, 6.07) is 5.83. The summed E-state index contributed by atoms with van der Waals surface area (Å²) in [6.07, 6.45) is -0.587. The third-order valence-electron chi connectivity index (χ3n) is 2.50. The molecule has 21 heavy (non-hydrogen) atoms. The van der Waals surface area contributed by atoms with E-state index in [1.165, 1.54) is 12.1 Å². The first-order valence-corrected chi connectivity index (χ1v) is 7.91. The molecule has 0 heterocycles. The minimum atomic E-state index is -3.70. The number of carbonyl (C=O) groups excluding carboxylic acids is 1. The predicted molar refractivity (Wildman–Crippen MR) is 78.7 cm³/mol. The molecule has 1 aromatic carbocycles. The number of amides is 1. The Balaban J connectivity index is 2.60.